The van der Waals surface area contributed by atoms with Gasteiger partial charge in [0.15, 0.2) is 5.75 Å². The molecule has 240 valence electrons. The maximum Gasteiger partial charge on any atom is 0.490 e. The van der Waals surface area contributed by atoms with Gasteiger partial charge < -0.3 is 40.3 Å². The molecular formula is C29H28F3N3O10. The Hall–Kier alpha value is -5.38. The fourth-order valence-corrected chi connectivity index (χ4v) is 4.32. The van der Waals surface area contributed by atoms with Crippen molar-refractivity contribution >= 4 is 46.2 Å². The van der Waals surface area contributed by atoms with Crippen LogP contribution in [0.2, 0.25) is 0 Å². The number of carbonyl (C=O) groups is 5. The van der Waals surface area contributed by atoms with Crippen LogP contribution in [0.5, 0.6) is 11.5 Å². The number of anilines is 1. The number of likely N-dealkylation sites (N-methyl/N-ethyl adjacent to an activating group) is 1. The molecule has 0 bridgehead atoms. The van der Waals surface area contributed by atoms with Crippen LogP contribution in [0.15, 0.2) is 48.5 Å². The van der Waals surface area contributed by atoms with Crippen molar-refractivity contribution in [2.24, 2.45) is 0 Å². The Bertz CT molecular complexity index is 1640. The molecule has 0 saturated heterocycles. The summed E-state index contributed by atoms with van der Waals surface area (Å²) in [5.41, 5.74) is 0.754. The van der Waals surface area contributed by atoms with E-state index in [-0.39, 0.29) is 35.7 Å². The third-order valence-electron chi connectivity index (χ3n) is 6.73. The number of halogens is 3. The molecule has 0 aromatic heterocycles. The predicted molar refractivity (Wildman–Crippen MR) is 152 cm³/mol. The Morgan fingerprint density at radius 3 is 2.29 bits per heavy atom. The lowest BCUT2D eigenvalue weighted by atomic mass is 10.00. The Morgan fingerprint density at radius 2 is 1.73 bits per heavy atom. The number of carboxylic acids is 3. The summed E-state index contributed by atoms with van der Waals surface area (Å²) in [6, 6.07) is 10.8. The number of ether oxygens (including phenoxy) is 2. The van der Waals surface area contributed by atoms with E-state index in [4.69, 9.17) is 19.4 Å². The summed E-state index contributed by atoms with van der Waals surface area (Å²) in [6.07, 6.45) is -5.08. The normalized spacial score (nSPS) is 15.0. The van der Waals surface area contributed by atoms with Crippen LogP contribution < -0.4 is 25.0 Å². The molecule has 0 unspecified atom stereocenters. The summed E-state index contributed by atoms with van der Waals surface area (Å²) < 4.78 is 43.1. The quantitative estimate of drug-likeness (QED) is 0.245. The zero-order valence-corrected chi connectivity index (χ0v) is 24.0. The van der Waals surface area contributed by atoms with Crippen LogP contribution in [-0.2, 0) is 20.9 Å². The average molecular weight is 636 g/mol. The van der Waals surface area contributed by atoms with Crippen LogP contribution in [0.25, 0.3) is 10.8 Å². The van der Waals surface area contributed by atoms with Crippen LogP contribution in [0, 0.1) is 0 Å². The minimum Gasteiger partial charge on any atom is -0.496 e. The number of aliphatic carboxylic acids is 1. The number of fused-ring (bicyclic) bond motifs is 2. The Morgan fingerprint density at radius 1 is 1.07 bits per heavy atom. The van der Waals surface area contributed by atoms with Crippen molar-refractivity contribution in [2.75, 3.05) is 25.7 Å². The van der Waals surface area contributed by atoms with Gasteiger partial charge in [0.25, 0.3) is 5.91 Å². The summed E-state index contributed by atoms with van der Waals surface area (Å²) in [6.45, 7) is 1.29. The van der Waals surface area contributed by atoms with Gasteiger partial charge in [0, 0.05) is 5.56 Å². The smallest absolute Gasteiger partial charge is 0.490 e. The molecule has 0 aliphatic carbocycles. The highest BCUT2D eigenvalue weighted by Gasteiger charge is 2.38. The monoisotopic (exact) mass is 635 g/mol. The first-order valence-electron chi connectivity index (χ1n) is 13.0. The molecule has 0 spiro atoms. The van der Waals surface area contributed by atoms with Crippen molar-refractivity contribution in [2.45, 2.75) is 31.7 Å². The molecule has 5 N–H and O–H groups in total. The van der Waals surface area contributed by atoms with E-state index in [9.17, 15) is 42.6 Å². The number of rotatable bonds is 8. The summed E-state index contributed by atoms with van der Waals surface area (Å²) in [5.74, 6) is -5.56. The molecular weight excluding hydrogens is 607 g/mol. The number of carboxylic acid groups (broad SMARTS) is 3. The number of nitrogens with one attached hydrogen (secondary N) is 2. The Balaban J connectivity index is 0.000000707. The second-order valence-electron chi connectivity index (χ2n) is 9.56. The number of methoxy groups -OCH3 is 1. The number of hydrogen-bond donors (Lipinski definition) is 5. The minimum atomic E-state index is -5.08. The second kappa shape index (κ2) is 13.9. The zero-order valence-electron chi connectivity index (χ0n) is 24.0. The highest BCUT2D eigenvalue weighted by molar-refractivity contribution is 6.04. The van der Waals surface area contributed by atoms with E-state index in [0.29, 0.717) is 22.1 Å². The molecule has 4 rings (SSSR count). The van der Waals surface area contributed by atoms with Crippen molar-refractivity contribution in [3.8, 4) is 11.5 Å². The van der Waals surface area contributed by atoms with Gasteiger partial charge in [0.05, 0.1) is 30.9 Å². The maximum atomic E-state index is 13.9. The summed E-state index contributed by atoms with van der Waals surface area (Å²) in [4.78, 5) is 60.2. The fourth-order valence-electron chi connectivity index (χ4n) is 4.32. The molecule has 45 heavy (non-hydrogen) atoms. The lowest BCUT2D eigenvalue weighted by Gasteiger charge is -2.27. The Labute approximate surface area is 253 Å². The minimum absolute atomic E-state index is 0.000805. The summed E-state index contributed by atoms with van der Waals surface area (Å²) in [7, 11) is 3.09. The van der Waals surface area contributed by atoms with Gasteiger partial charge in [-0.2, -0.15) is 13.2 Å². The van der Waals surface area contributed by atoms with Gasteiger partial charge in [-0.1, -0.05) is 18.2 Å². The van der Waals surface area contributed by atoms with Crippen LogP contribution >= 0.6 is 0 Å². The van der Waals surface area contributed by atoms with Crippen LogP contribution in [0.1, 0.15) is 33.2 Å². The van der Waals surface area contributed by atoms with E-state index in [0.717, 1.165) is 0 Å². The molecule has 1 heterocycles. The van der Waals surface area contributed by atoms with Crippen molar-refractivity contribution in [1.82, 2.24) is 10.6 Å². The van der Waals surface area contributed by atoms with Gasteiger partial charge in [-0.05, 0) is 55.1 Å². The first-order valence-corrected chi connectivity index (χ1v) is 13.0. The molecule has 1 aliphatic rings. The molecule has 0 saturated carbocycles. The van der Waals surface area contributed by atoms with Crippen molar-refractivity contribution in [3.05, 3.63) is 65.2 Å². The molecule has 13 nitrogen and oxygen atoms in total. The number of alkyl halides is 3. The SMILES string of the molecule is CN[C@@H](C)C(=O)N[C@H]1COc2c(C(=O)O)cccc2N(Cc2c(OC)ccc3cc(C(=O)O)ccc23)C1=O.O=C(O)C(F)(F)F. The van der Waals surface area contributed by atoms with E-state index >= 15 is 0 Å². The number of hydrogen-bond acceptors (Lipinski definition) is 8. The second-order valence-corrected chi connectivity index (χ2v) is 9.56. The van der Waals surface area contributed by atoms with Crippen LogP contribution in [0.4, 0.5) is 18.9 Å². The first-order chi connectivity index (χ1) is 21.1. The maximum absolute atomic E-state index is 13.9. The summed E-state index contributed by atoms with van der Waals surface area (Å²) in [5, 5.41) is 33.0. The van der Waals surface area contributed by atoms with E-state index in [1.165, 1.54) is 36.3 Å². The number of nitrogens with zero attached hydrogens (tertiary/aromatic N) is 1. The lowest BCUT2D eigenvalue weighted by molar-refractivity contribution is -0.192. The number of amides is 2. The van der Waals surface area contributed by atoms with E-state index in [2.05, 4.69) is 10.6 Å². The van der Waals surface area contributed by atoms with Crippen molar-refractivity contribution in [1.29, 1.82) is 0 Å². The highest BCUT2D eigenvalue weighted by Crippen LogP contribution is 2.38. The number of para-hydroxylation sites is 1. The number of carbonyl (C=O) groups excluding carboxylic acids is 2. The van der Waals surface area contributed by atoms with E-state index in [1.807, 2.05) is 0 Å². The standard InChI is InChI=1S/C27H27N3O8.C2HF3O2/c1-14(28-2)24(31)29-20-13-38-23-18(27(35)36)5-4-6-21(23)30(25(20)32)12-19-17-9-7-16(26(33)34)11-15(17)8-10-22(19)37-3;3-2(4,5)1(6)7/h4-11,14,20,28H,12-13H2,1-3H3,(H,29,31)(H,33,34)(H,35,36);(H,6,7)/t14-,20-;/m0./s1. The van der Waals surface area contributed by atoms with Gasteiger partial charge in [0.1, 0.15) is 24.0 Å². The summed E-state index contributed by atoms with van der Waals surface area (Å²) >= 11 is 0. The van der Waals surface area contributed by atoms with Crippen LogP contribution in [-0.4, -0.2) is 84.1 Å². The van der Waals surface area contributed by atoms with E-state index in [1.54, 1.807) is 38.2 Å². The average Bonchev–Trinajstić information content (AvgIpc) is 3.12. The number of aromatic carboxylic acids is 2. The van der Waals surface area contributed by atoms with Gasteiger partial charge in [0.2, 0.25) is 5.91 Å². The Kier molecular flexibility index (Phi) is 10.6. The molecule has 1 aliphatic heterocycles. The van der Waals surface area contributed by atoms with Gasteiger partial charge in [-0.25, -0.2) is 14.4 Å². The van der Waals surface area contributed by atoms with Gasteiger partial charge >= 0.3 is 24.1 Å². The third kappa shape index (κ3) is 7.77. The molecule has 0 fully saturated rings. The van der Waals surface area contributed by atoms with E-state index < -0.39 is 48.0 Å². The molecule has 3 aromatic rings. The highest BCUT2D eigenvalue weighted by atomic mass is 19.4. The lowest BCUT2D eigenvalue weighted by Crippen LogP contribution is -2.53. The molecule has 16 heteroatoms. The third-order valence-corrected chi connectivity index (χ3v) is 6.73. The predicted octanol–water partition coefficient (Wildman–Crippen LogP) is 2.90. The fraction of sp³-hybridized carbons (Fsp3) is 0.276. The topological polar surface area (TPSA) is 192 Å². The molecule has 2 atom stereocenters. The molecule has 3 aromatic carbocycles. The van der Waals surface area contributed by atoms with Gasteiger partial charge in [-0.15, -0.1) is 0 Å². The molecule has 0 radical (unpaired) electrons. The first kappa shape index (κ1) is 34.1. The molecule has 2 amide bonds. The zero-order chi connectivity index (χ0) is 33.6. The van der Waals surface area contributed by atoms with Crippen LogP contribution in [0.3, 0.4) is 0 Å². The largest absolute Gasteiger partial charge is 0.496 e. The van der Waals surface area contributed by atoms with Crippen molar-refractivity contribution in [3.63, 3.8) is 0 Å². The van der Waals surface area contributed by atoms with Crippen molar-refractivity contribution < 1.29 is 61.9 Å². The number of benzene rings is 3. The van der Waals surface area contributed by atoms with Gasteiger partial charge in [-0.3, -0.25) is 9.59 Å².